The first-order valence-electron chi connectivity index (χ1n) is 6.82. The minimum absolute atomic E-state index is 0.555. The van der Waals surface area contributed by atoms with Crippen molar-refractivity contribution < 1.29 is 0 Å². The summed E-state index contributed by atoms with van der Waals surface area (Å²) in [4.78, 5) is 0. The van der Waals surface area contributed by atoms with Crippen LogP contribution < -0.4 is 11.1 Å². The van der Waals surface area contributed by atoms with E-state index in [2.05, 4.69) is 55.6 Å². The summed E-state index contributed by atoms with van der Waals surface area (Å²) in [5, 5.41) is 3.46. The highest BCUT2D eigenvalue weighted by atomic mass is 14.9. The first-order valence-corrected chi connectivity index (χ1v) is 6.82. The van der Waals surface area contributed by atoms with Gasteiger partial charge < -0.3 is 11.1 Å². The normalized spacial score (nSPS) is 12.1. The van der Waals surface area contributed by atoms with E-state index in [1.54, 1.807) is 0 Å². The number of nitrogens with two attached hydrogens (primary N) is 1. The Bertz CT molecular complexity index is 500. The van der Waals surface area contributed by atoms with Crippen molar-refractivity contribution in [2.24, 2.45) is 0 Å². The fraction of sp³-hybridized carbons (Fsp3) is 0.294. The van der Waals surface area contributed by atoms with Crippen molar-refractivity contribution in [3.05, 3.63) is 59.7 Å². The van der Waals surface area contributed by atoms with Gasteiger partial charge in [0, 0.05) is 6.54 Å². The topological polar surface area (TPSA) is 38.0 Å². The van der Waals surface area contributed by atoms with Crippen LogP contribution >= 0.6 is 0 Å². The van der Waals surface area contributed by atoms with E-state index in [9.17, 15) is 0 Å². The van der Waals surface area contributed by atoms with E-state index in [0.29, 0.717) is 5.92 Å². The molecule has 2 rings (SSSR count). The van der Waals surface area contributed by atoms with Gasteiger partial charge in [0.2, 0.25) is 0 Å². The maximum absolute atomic E-state index is 5.99. The molecule has 0 saturated carbocycles. The number of nitrogen functional groups attached to an aromatic ring is 1. The fourth-order valence-corrected chi connectivity index (χ4v) is 2.29. The van der Waals surface area contributed by atoms with Gasteiger partial charge in [-0.2, -0.15) is 0 Å². The highest BCUT2D eigenvalue weighted by Gasteiger charge is 2.06. The molecule has 100 valence electrons. The molecule has 2 aromatic rings. The van der Waals surface area contributed by atoms with E-state index in [-0.39, 0.29) is 0 Å². The predicted molar refractivity (Wildman–Crippen MR) is 83.6 cm³/mol. The van der Waals surface area contributed by atoms with Crippen molar-refractivity contribution in [1.82, 2.24) is 0 Å². The monoisotopic (exact) mass is 254 g/mol. The first-order chi connectivity index (χ1) is 9.18. The van der Waals surface area contributed by atoms with Gasteiger partial charge in [-0.1, -0.05) is 49.4 Å². The molecule has 0 saturated heterocycles. The van der Waals surface area contributed by atoms with E-state index < -0.39 is 0 Å². The SMILES string of the molecule is Cc1cccc(N)c1NCCC(C)c1ccccc1. The molecule has 0 aromatic heterocycles. The Hall–Kier alpha value is -1.96. The third-order valence-corrected chi connectivity index (χ3v) is 3.55. The maximum atomic E-state index is 5.99. The van der Waals surface area contributed by atoms with Crippen LogP contribution in [0.3, 0.4) is 0 Å². The number of nitrogens with one attached hydrogen (secondary N) is 1. The van der Waals surface area contributed by atoms with E-state index in [1.165, 1.54) is 11.1 Å². The zero-order chi connectivity index (χ0) is 13.7. The van der Waals surface area contributed by atoms with Crippen molar-refractivity contribution in [2.45, 2.75) is 26.2 Å². The zero-order valence-corrected chi connectivity index (χ0v) is 11.7. The molecule has 0 heterocycles. The number of rotatable bonds is 5. The second kappa shape index (κ2) is 6.28. The summed E-state index contributed by atoms with van der Waals surface area (Å²) in [5.74, 6) is 0.555. The number of hydrogen-bond acceptors (Lipinski definition) is 2. The Morgan fingerprint density at radius 2 is 1.79 bits per heavy atom. The van der Waals surface area contributed by atoms with Crippen LogP contribution in [0, 0.1) is 6.92 Å². The highest BCUT2D eigenvalue weighted by molar-refractivity contribution is 5.69. The minimum Gasteiger partial charge on any atom is -0.397 e. The summed E-state index contributed by atoms with van der Waals surface area (Å²) in [6, 6.07) is 16.6. The van der Waals surface area contributed by atoms with Crippen molar-refractivity contribution >= 4 is 11.4 Å². The molecule has 19 heavy (non-hydrogen) atoms. The maximum Gasteiger partial charge on any atom is 0.0603 e. The van der Waals surface area contributed by atoms with Crippen LogP contribution in [0.25, 0.3) is 0 Å². The molecular weight excluding hydrogens is 232 g/mol. The summed E-state index contributed by atoms with van der Waals surface area (Å²) in [5.41, 5.74) is 10.5. The Balaban J connectivity index is 1.90. The largest absolute Gasteiger partial charge is 0.397 e. The second-order valence-electron chi connectivity index (χ2n) is 5.07. The van der Waals surface area contributed by atoms with Crippen molar-refractivity contribution in [3.8, 4) is 0 Å². The molecule has 2 heteroatoms. The van der Waals surface area contributed by atoms with Crippen molar-refractivity contribution in [2.75, 3.05) is 17.6 Å². The van der Waals surface area contributed by atoms with Crippen LogP contribution in [0.15, 0.2) is 48.5 Å². The van der Waals surface area contributed by atoms with Gasteiger partial charge in [0.15, 0.2) is 0 Å². The van der Waals surface area contributed by atoms with Crippen LogP contribution in [0.2, 0.25) is 0 Å². The Labute approximate surface area is 115 Å². The average molecular weight is 254 g/mol. The Kier molecular flexibility index (Phi) is 4.45. The molecule has 0 aliphatic carbocycles. The molecule has 1 unspecified atom stereocenters. The number of aryl methyl sites for hydroxylation is 1. The van der Waals surface area contributed by atoms with Gasteiger partial charge in [-0.05, 0) is 36.5 Å². The molecule has 1 atom stereocenters. The van der Waals surface area contributed by atoms with Crippen LogP contribution in [0.5, 0.6) is 0 Å². The summed E-state index contributed by atoms with van der Waals surface area (Å²) in [6.07, 6.45) is 1.10. The van der Waals surface area contributed by atoms with E-state index in [1.807, 2.05) is 12.1 Å². The third kappa shape index (κ3) is 3.50. The fourth-order valence-electron chi connectivity index (χ4n) is 2.29. The van der Waals surface area contributed by atoms with Crippen molar-refractivity contribution in [3.63, 3.8) is 0 Å². The predicted octanol–water partition coefficient (Wildman–Crippen LogP) is 4.18. The lowest BCUT2D eigenvalue weighted by molar-refractivity contribution is 0.706. The standard InChI is InChI=1S/C17H22N2/c1-13(15-8-4-3-5-9-15)11-12-19-17-14(2)7-6-10-16(17)18/h3-10,13,19H,11-12,18H2,1-2H3. The number of anilines is 2. The van der Waals surface area contributed by atoms with Crippen LogP contribution in [0.1, 0.15) is 30.4 Å². The lowest BCUT2D eigenvalue weighted by Gasteiger charge is -2.15. The van der Waals surface area contributed by atoms with Crippen LogP contribution in [-0.4, -0.2) is 6.54 Å². The molecule has 2 nitrogen and oxygen atoms in total. The first kappa shape index (κ1) is 13.5. The van der Waals surface area contributed by atoms with Gasteiger partial charge in [-0.25, -0.2) is 0 Å². The summed E-state index contributed by atoms with van der Waals surface area (Å²) in [6.45, 7) is 5.28. The zero-order valence-electron chi connectivity index (χ0n) is 11.7. The van der Waals surface area contributed by atoms with Crippen LogP contribution in [0.4, 0.5) is 11.4 Å². The van der Waals surface area contributed by atoms with E-state index in [4.69, 9.17) is 5.73 Å². The second-order valence-corrected chi connectivity index (χ2v) is 5.07. The molecule has 0 aliphatic heterocycles. The molecule has 0 fully saturated rings. The van der Waals surface area contributed by atoms with Gasteiger partial charge in [0.1, 0.15) is 0 Å². The van der Waals surface area contributed by atoms with Crippen LogP contribution in [-0.2, 0) is 0 Å². The molecule has 0 bridgehead atoms. The van der Waals surface area contributed by atoms with E-state index >= 15 is 0 Å². The average Bonchev–Trinajstić information content (AvgIpc) is 2.43. The molecular formula is C17H22N2. The summed E-state index contributed by atoms with van der Waals surface area (Å²) >= 11 is 0. The molecule has 0 amide bonds. The molecule has 3 N–H and O–H groups in total. The van der Waals surface area contributed by atoms with Gasteiger partial charge >= 0.3 is 0 Å². The summed E-state index contributed by atoms with van der Waals surface area (Å²) in [7, 11) is 0. The van der Waals surface area contributed by atoms with Gasteiger partial charge in [0.05, 0.1) is 11.4 Å². The Morgan fingerprint density at radius 3 is 2.47 bits per heavy atom. The number of para-hydroxylation sites is 1. The Morgan fingerprint density at radius 1 is 1.05 bits per heavy atom. The molecule has 2 aromatic carbocycles. The lowest BCUT2D eigenvalue weighted by atomic mass is 9.98. The van der Waals surface area contributed by atoms with Gasteiger partial charge in [0.25, 0.3) is 0 Å². The molecule has 0 aliphatic rings. The van der Waals surface area contributed by atoms with Gasteiger partial charge in [-0.15, -0.1) is 0 Å². The summed E-state index contributed by atoms with van der Waals surface area (Å²) < 4.78 is 0. The lowest BCUT2D eigenvalue weighted by Crippen LogP contribution is -2.08. The number of benzene rings is 2. The van der Waals surface area contributed by atoms with Crippen molar-refractivity contribution in [1.29, 1.82) is 0 Å². The highest BCUT2D eigenvalue weighted by Crippen LogP contribution is 2.24. The van der Waals surface area contributed by atoms with Gasteiger partial charge in [-0.3, -0.25) is 0 Å². The smallest absolute Gasteiger partial charge is 0.0603 e. The third-order valence-electron chi connectivity index (χ3n) is 3.55. The quantitative estimate of drug-likeness (QED) is 0.785. The molecule has 0 spiro atoms. The minimum atomic E-state index is 0.555. The van der Waals surface area contributed by atoms with E-state index in [0.717, 1.165) is 24.3 Å². The number of hydrogen-bond donors (Lipinski definition) is 2. The molecule has 0 radical (unpaired) electrons.